The number of amides is 1. The summed E-state index contributed by atoms with van der Waals surface area (Å²) in [6.07, 6.45) is 3.65. The normalized spacial score (nSPS) is 10.6. The Labute approximate surface area is 110 Å². The van der Waals surface area contributed by atoms with Gasteiger partial charge in [-0.25, -0.2) is 4.98 Å². The van der Waals surface area contributed by atoms with Crippen LogP contribution in [-0.2, 0) is 0 Å². The van der Waals surface area contributed by atoms with Crippen molar-refractivity contribution in [1.29, 1.82) is 0 Å². The second-order valence-corrected chi connectivity index (χ2v) is 5.29. The summed E-state index contributed by atoms with van der Waals surface area (Å²) in [6, 6.07) is 1.68. The number of carbonyl (C=O) groups is 1. The van der Waals surface area contributed by atoms with Crippen molar-refractivity contribution in [3.63, 3.8) is 0 Å². The van der Waals surface area contributed by atoms with Gasteiger partial charge >= 0.3 is 0 Å². The highest BCUT2D eigenvalue weighted by Crippen LogP contribution is 2.15. The van der Waals surface area contributed by atoms with E-state index in [2.05, 4.69) is 40.1 Å². The summed E-state index contributed by atoms with van der Waals surface area (Å²) in [5, 5.41) is 2.84. The maximum Gasteiger partial charge on any atom is 0.255 e. The molecule has 3 N–H and O–H groups in total. The molecular formula is C12H18BrN3O. The number of carbonyl (C=O) groups excluding carboxylic acids is 1. The van der Waals surface area contributed by atoms with Gasteiger partial charge < -0.3 is 11.1 Å². The molecule has 1 rings (SSSR count). The number of nitrogens with one attached hydrogen (secondary N) is 1. The van der Waals surface area contributed by atoms with Gasteiger partial charge in [-0.15, -0.1) is 0 Å². The average molecular weight is 300 g/mol. The number of hydrogen-bond acceptors (Lipinski definition) is 3. The molecule has 0 saturated heterocycles. The van der Waals surface area contributed by atoms with E-state index < -0.39 is 0 Å². The van der Waals surface area contributed by atoms with Crippen LogP contribution in [0.3, 0.4) is 0 Å². The van der Waals surface area contributed by atoms with Crippen molar-refractivity contribution in [2.24, 2.45) is 5.92 Å². The zero-order chi connectivity index (χ0) is 12.8. The Morgan fingerprint density at radius 2 is 2.29 bits per heavy atom. The third-order valence-electron chi connectivity index (χ3n) is 2.37. The van der Waals surface area contributed by atoms with Crippen LogP contribution >= 0.6 is 15.9 Å². The Morgan fingerprint density at radius 3 is 2.94 bits per heavy atom. The molecule has 0 fully saturated rings. The van der Waals surface area contributed by atoms with E-state index in [1.807, 2.05) is 0 Å². The molecule has 0 spiro atoms. The lowest BCUT2D eigenvalue weighted by molar-refractivity contribution is 0.0953. The molecule has 1 heterocycles. The lowest BCUT2D eigenvalue weighted by Crippen LogP contribution is -2.25. The fraction of sp³-hybridized carbons (Fsp3) is 0.500. The third kappa shape index (κ3) is 4.73. The molecule has 5 heteroatoms. The molecule has 0 unspecified atom stereocenters. The minimum atomic E-state index is -0.167. The first-order chi connectivity index (χ1) is 8.00. The van der Waals surface area contributed by atoms with Crippen molar-refractivity contribution in [2.75, 3.05) is 12.3 Å². The van der Waals surface area contributed by atoms with Gasteiger partial charge in [0, 0.05) is 17.2 Å². The van der Waals surface area contributed by atoms with Crippen LogP contribution in [0.1, 0.15) is 37.0 Å². The lowest BCUT2D eigenvalue weighted by Gasteiger charge is -2.08. The van der Waals surface area contributed by atoms with Crippen molar-refractivity contribution in [1.82, 2.24) is 10.3 Å². The first-order valence-corrected chi connectivity index (χ1v) is 6.49. The van der Waals surface area contributed by atoms with Crippen molar-refractivity contribution in [2.45, 2.75) is 26.7 Å². The van der Waals surface area contributed by atoms with E-state index >= 15 is 0 Å². The number of nitrogens with zero attached hydrogens (tertiary/aromatic N) is 1. The summed E-state index contributed by atoms with van der Waals surface area (Å²) in [7, 11) is 0. The molecule has 0 aromatic carbocycles. The number of hydrogen-bond donors (Lipinski definition) is 2. The summed E-state index contributed by atoms with van der Waals surface area (Å²) in [6.45, 7) is 5.00. The smallest absolute Gasteiger partial charge is 0.255 e. The Balaban J connectivity index is 2.49. The molecule has 1 amide bonds. The minimum absolute atomic E-state index is 0.167. The van der Waals surface area contributed by atoms with Gasteiger partial charge in [-0.1, -0.05) is 13.8 Å². The van der Waals surface area contributed by atoms with Gasteiger partial charge in [-0.2, -0.15) is 0 Å². The SMILES string of the molecule is CC(C)CCCNC(=O)c1cc(Br)cnc1N. The summed E-state index contributed by atoms with van der Waals surface area (Å²) >= 11 is 3.27. The number of nitrogen functional groups attached to an aromatic ring is 1. The van der Waals surface area contributed by atoms with Crippen LogP contribution in [0, 0.1) is 5.92 Å². The van der Waals surface area contributed by atoms with Crippen LogP contribution in [0.5, 0.6) is 0 Å². The molecule has 4 nitrogen and oxygen atoms in total. The van der Waals surface area contributed by atoms with Gasteiger partial charge in [0.05, 0.1) is 5.56 Å². The van der Waals surface area contributed by atoms with E-state index in [1.165, 1.54) is 0 Å². The Bertz CT molecular complexity index is 393. The summed E-state index contributed by atoms with van der Waals surface area (Å²) in [4.78, 5) is 15.7. The molecule has 0 aliphatic rings. The quantitative estimate of drug-likeness (QED) is 0.821. The molecule has 94 valence electrons. The number of nitrogens with two attached hydrogens (primary N) is 1. The van der Waals surface area contributed by atoms with Crippen molar-refractivity contribution >= 4 is 27.7 Å². The topological polar surface area (TPSA) is 68.0 Å². The number of halogens is 1. The molecule has 0 radical (unpaired) electrons. The number of pyridine rings is 1. The molecule has 0 aliphatic carbocycles. The Kier molecular flexibility index (Phi) is 5.41. The zero-order valence-corrected chi connectivity index (χ0v) is 11.8. The fourth-order valence-electron chi connectivity index (χ4n) is 1.44. The van der Waals surface area contributed by atoms with Crippen molar-refractivity contribution in [3.8, 4) is 0 Å². The summed E-state index contributed by atoms with van der Waals surface area (Å²) in [5.74, 6) is 0.749. The molecule has 0 saturated carbocycles. The van der Waals surface area contributed by atoms with Gasteiger partial charge in [-0.3, -0.25) is 4.79 Å². The van der Waals surface area contributed by atoms with Gasteiger partial charge in [0.1, 0.15) is 5.82 Å². The summed E-state index contributed by atoms with van der Waals surface area (Å²) < 4.78 is 0.749. The van der Waals surface area contributed by atoms with E-state index in [4.69, 9.17) is 5.73 Å². The lowest BCUT2D eigenvalue weighted by atomic mass is 10.1. The molecule has 17 heavy (non-hydrogen) atoms. The Hall–Kier alpha value is -1.10. The first-order valence-electron chi connectivity index (χ1n) is 5.70. The molecule has 0 bridgehead atoms. The average Bonchev–Trinajstić information content (AvgIpc) is 2.27. The van der Waals surface area contributed by atoms with E-state index in [1.54, 1.807) is 12.3 Å². The maximum atomic E-state index is 11.8. The van der Waals surface area contributed by atoms with E-state index in [0.717, 1.165) is 17.3 Å². The molecular weight excluding hydrogens is 282 g/mol. The second-order valence-electron chi connectivity index (χ2n) is 4.38. The highest BCUT2D eigenvalue weighted by Gasteiger charge is 2.10. The predicted molar refractivity (Wildman–Crippen MR) is 72.8 cm³/mol. The van der Waals surface area contributed by atoms with Gasteiger partial charge in [-0.05, 0) is 40.8 Å². The van der Waals surface area contributed by atoms with Gasteiger partial charge in [0.2, 0.25) is 0 Å². The fourth-order valence-corrected chi connectivity index (χ4v) is 1.77. The molecule has 0 atom stereocenters. The van der Waals surface area contributed by atoms with E-state index in [0.29, 0.717) is 18.0 Å². The monoisotopic (exact) mass is 299 g/mol. The number of aromatic nitrogens is 1. The highest BCUT2D eigenvalue weighted by molar-refractivity contribution is 9.10. The zero-order valence-electron chi connectivity index (χ0n) is 10.2. The molecule has 0 aliphatic heterocycles. The summed E-state index contributed by atoms with van der Waals surface area (Å²) in [5.41, 5.74) is 6.07. The highest BCUT2D eigenvalue weighted by atomic mass is 79.9. The minimum Gasteiger partial charge on any atom is -0.383 e. The van der Waals surface area contributed by atoms with Gasteiger partial charge in [0.15, 0.2) is 0 Å². The van der Waals surface area contributed by atoms with Gasteiger partial charge in [0.25, 0.3) is 5.91 Å². The van der Waals surface area contributed by atoms with Crippen LogP contribution in [-0.4, -0.2) is 17.4 Å². The van der Waals surface area contributed by atoms with Crippen LogP contribution in [0.15, 0.2) is 16.7 Å². The Morgan fingerprint density at radius 1 is 1.59 bits per heavy atom. The molecule has 1 aromatic rings. The molecule has 1 aromatic heterocycles. The third-order valence-corrected chi connectivity index (χ3v) is 2.81. The second kappa shape index (κ2) is 6.59. The van der Waals surface area contributed by atoms with Crippen LogP contribution in [0.25, 0.3) is 0 Å². The number of rotatable bonds is 5. The van der Waals surface area contributed by atoms with E-state index in [-0.39, 0.29) is 11.7 Å². The largest absolute Gasteiger partial charge is 0.383 e. The standard InChI is InChI=1S/C12H18BrN3O/c1-8(2)4-3-5-15-12(17)10-6-9(13)7-16-11(10)14/h6-8H,3-5H2,1-2H3,(H2,14,16)(H,15,17). The first kappa shape index (κ1) is 14.0. The van der Waals surface area contributed by atoms with Crippen molar-refractivity contribution < 1.29 is 4.79 Å². The van der Waals surface area contributed by atoms with Crippen LogP contribution in [0.2, 0.25) is 0 Å². The van der Waals surface area contributed by atoms with Crippen molar-refractivity contribution in [3.05, 3.63) is 22.3 Å². The maximum absolute atomic E-state index is 11.8. The van der Waals surface area contributed by atoms with Crippen LogP contribution < -0.4 is 11.1 Å². The van der Waals surface area contributed by atoms with E-state index in [9.17, 15) is 4.79 Å². The number of anilines is 1. The van der Waals surface area contributed by atoms with Crippen LogP contribution in [0.4, 0.5) is 5.82 Å². The predicted octanol–water partition coefficient (Wildman–Crippen LogP) is 2.59.